The summed E-state index contributed by atoms with van der Waals surface area (Å²) >= 11 is 3.25. The molecule has 148 valence electrons. The van der Waals surface area contributed by atoms with E-state index >= 15 is 0 Å². The Morgan fingerprint density at radius 1 is 1.11 bits per heavy atom. The molecule has 2 aromatic carbocycles. The van der Waals surface area contributed by atoms with Gasteiger partial charge in [0, 0.05) is 15.6 Å². The number of alkyl halides is 3. The maximum absolute atomic E-state index is 13.6. The molecular formula is C20H16BrF3O4. The van der Waals surface area contributed by atoms with Crippen molar-refractivity contribution in [1.82, 2.24) is 0 Å². The standard InChI is InChI=1S/C20H16BrF3O4/c1-10-11(2)16(19(26)27)17(20(22,23)24)18(28-3)14(10)8-9-15(25)12-4-6-13(21)7-5-12/h4-9H,1-3H3,(H,26,27). The molecule has 0 aliphatic heterocycles. The van der Waals surface area contributed by atoms with Gasteiger partial charge in [-0.05, 0) is 61.4 Å². The van der Waals surface area contributed by atoms with Crippen LogP contribution in [0.1, 0.15) is 43.0 Å². The Bertz CT molecular complexity index is 961. The molecule has 0 bridgehead atoms. The van der Waals surface area contributed by atoms with Gasteiger partial charge in [0.2, 0.25) is 0 Å². The van der Waals surface area contributed by atoms with Crippen LogP contribution >= 0.6 is 15.9 Å². The summed E-state index contributed by atoms with van der Waals surface area (Å²) in [6, 6.07) is 6.47. The molecule has 8 heteroatoms. The molecule has 0 fully saturated rings. The molecule has 0 aromatic heterocycles. The zero-order valence-corrected chi connectivity index (χ0v) is 16.7. The van der Waals surface area contributed by atoms with E-state index in [9.17, 15) is 27.9 Å². The number of carbonyl (C=O) groups is 2. The molecule has 2 aromatic rings. The van der Waals surface area contributed by atoms with Gasteiger partial charge in [-0.15, -0.1) is 0 Å². The zero-order valence-electron chi connectivity index (χ0n) is 15.1. The van der Waals surface area contributed by atoms with E-state index < -0.39 is 34.8 Å². The van der Waals surface area contributed by atoms with Crippen molar-refractivity contribution in [3.05, 3.63) is 68.2 Å². The van der Waals surface area contributed by atoms with E-state index in [1.54, 1.807) is 24.3 Å². The first-order valence-electron chi connectivity index (χ1n) is 7.98. The van der Waals surface area contributed by atoms with Crippen molar-refractivity contribution in [1.29, 1.82) is 0 Å². The molecule has 4 nitrogen and oxygen atoms in total. The smallest absolute Gasteiger partial charge is 0.420 e. The van der Waals surface area contributed by atoms with Crippen LogP contribution in [0.4, 0.5) is 13.2 Å². The van der Waals surface area contributed by atoms with Crippen LogP contribution in [0.2, 0.25) is 0 Å². The first kappa shape index (κ1) is 21.7. The molecule has 0 amide bonds. The fourth-order valence-corrected chi connectivity index (χ4v) is 3.08. The average Bonchev–Trinajstić information content (AvgIpc) is 2.61. The number of carboxylic acid groups (broad SMARTS) is 1. The third kappa shape index (κ3) is 4.27. The van der Waals surface area contributed by atoms with Crippen molar-refractivity contribution in [2.75, 3.05) is 7.11 Å². The molecule has 28 heavy (non-hydrogen) atoms. The van der Waals surface area contributed by atoms with Gasteiger partial charge in [-0.3, -0.25) is 4.79 Å². The Labute approximate surface area is 167 Å². The van der Waals surface area contributed by atoms with Gasteiger partial charge in [0.15, 0.2) is 5.78 Å². The molecule has 0 aliphatic carbocycles. The lowest BCUT2D eigenvalue weighted by Gasteiger charge is -2.21. The van der Waals surface area contributed by atoms with Crippen molar-refractivity contribution in [3.63, 3.8) is 0 Å². The van der Waals surface area contributed by atoms with Crippen molar-refractivity contribution < 1.29 is 32.6 Å². The van der Waals surface area contributed by atoms with E-state index in [0.717, 1.165) is 17.7 Å². The number of hydrogen-bond acceptors (Lipinski definition) is 3. The normalized spacial score (nSPS) is 11.7. The van der Waals surface area contributed by atoms with Gasteiger partial charge < -0.3 is 9.84 Å². The van der Waals surface area contributed by atoms with E-state index in [-0.39, 0.29) is 16.7 Å². The number of halogens is 4. The molecule has 0 heterocycles. The van der Waals surface area contributed by atoms with Crippen molar-refractivity contribution in [2.45, 2.75) is 20.0 Å². The number of allylic oxidation sites excluding steroid dienone is 1. The van der Waals surface area contributed by atoms with Crippen molar-refractivity contribution >= 4 is 33.8 Å². The second-order valence-electron chi connectivity index (χ2n) is 5.95. The van der Waals surface area contributed by atoms with Crippen LogP contribution in [0.25, 0.3) is 6.08 Å². The van der Waals surface area contributed by atoms with Crippen LogP contribution in [0.15, 0.2) is 34.8 Å². The fourth-order valence-electron chi connectivity index (χ4n) is 2.82. The first-order chi connectivity index (χ1) is 13.0. The highest BCUT2D eigenvalue weighted by Crippen LogP contribution is 2.44. The van der Waals surface area contributed by atoms with Crippen LogP contribution < -0.4 is 4.74 Å². The number of rotatable bonds is 5. The predicted octanol–water partition coefficient (Wildman–Crippen LogP) is 5.69. The number of ketones is 1. The van der Waals surface area contributed by atoms with Crippen LogP contribution in [0.5, 0.6) is 5.75 Å². The Morgan fingerprint density at radius 2 is 1.68 bits per heavy atom. The number of benzene rings is 2. The number of aromatic carboxylic acids is 1. The summed E-state index contributed by atoms with van der Waals surface area (Å²) in [5.41, 5.74) is -1.65. The van der Waals surface area contributed by atoms with Gasteiger partial charge in [0.25, 0.3) is 0 Å². The maximum Gasteiger partial charge on any atom is 0.420 e. The molecule has 0 atom stereocenters. The summed E-state index contributed by atoms with van der Waals surface area (Å²) in [5, 5.41) is 9.30. The topological polar surface area (TPSA) is 63.6 Å². The minimum atomic E-state index is -4.95. The molecule has 0 aliphatic rings. The largest absolute Gasteiger partial charge is 0.495 e. The summed E-state index contributed by atoms with van der Waals surface area (Å²) in [4.78, 5) is 23.8. The van der Waals surface area contributed by atoms with Crippen LogP contribution in [-0.4, -0.2) is 24.0 Å². The minimum Gasteiger partial charge on any atom is -0.495 e. The van der Waals surface area contributed by atoms with E-state index in [1.165, 1.54) is 19.9 Å². The quantitative estimate of drug-likeness (QED) is 0.463. The molecule has 0 spiro atoms. The molecular weight excluding hydrogens is 441 g/mol. The molecule has 1 N–H and O–H groups in total. The van der Waals surface area contributed by atoms with Crippen molar-refractivity contribution in [2.24, 2.45) is 0 Å². The number of methoxy groups -OCH3 is 1. The van der Waals surface area contributed by atoms with Gasteiger partial charge >= 0.3 is 12.1 Å². The number of ether oxygens (including phenoxy) is 1. The van der Waals surface area contributed by atoms with E-state index in [2.05, 4.69) is 15.9 Å². The van der Waals surface area contributed by atoms with Crippen LogP contribution in [0, 0.1) is 13.8 Å². The monoisotopic (exact) mass is 456 g/mol. The van der Waals surface area contributed by atoms with Gasteiger partial charge in [-0.2, -0.15) is 13.2 Å². The lowest BCUT2D eigenvalue weighted by Crippen LogP contribution is -2.18. The summed E-state index contributed by atoms with van der Waals surface area (Å²) < 4.78 is 46.5. The molecule has 2 rings (SSSR count). The lowest BCUT2D eigenvalue weighted by molar-refractivity contribution is -0.139. The van der Waals surface area contributed by atoms with E-state index in [1.807, 2.05) is 0 Å². The summed E-state index contributed by atoms with van der Waals surface area (Å²) in [6.07, 6.45) is -2.60. The van der Waals surface area contributed by atoms with Crippen LogP contribution in [-0.2, 0) is 6.18 Å². The van der Waals surface area contributed by atoms with E-state index in [0.29, 0.717) is 5.56 Å². The lowest BCUT2D eigenvalue weighted by atomic mass is 9.90. The van der Waals surface area contributed by atoms with E-state index in [4.69, 9.17) is 4.74 Å². The highest BCUT2D eigenvalue weighted by Gasteiger charge is 2.41. The average molecular weight is 457 g/mol. The Balaban J connectivity index is 2.67. The summed E-state index contributed by atoms with van der Waals surface area (Å²) in [6.45, 7) is 2.77. The highest BCUT2D eigenvalue weighted by molar-refractivity contribution is 9.10. The SMILES string of the molecule is COc1c(C=CC(=O)c2ccc(Br)cc2)c(C)c(C)c(C(=O)O)c1C(F)(F)F. The van der Waals surface area contributed by atoms with Crippen molar-refractivity contribution in [3.8, 4) is 5.75 Å². The van der Waals surface area contributed by atoms with Gasteiger partial charge in [-0.1, -0.05) is 15.9 Å². The number of hydrogen-bond donors (Lipinski definition) is 1. The summed E-state index contributed by atoms with van der Waals surface area (Å²) in [5.74, 6) is -2.75. The van der Waals surface area contributed by atoms with Gasteiger partial charge in [-0.25, -0.2) is 4.79 Å². The third-order valence-corrected chi connectivity index (χ3v) is 4.82. The summed E-state index contributed by atoms with van der Waals surface area (Å²) in [7, 11) is 1.03. The third-order valence-electron chi connectivity index (χ3n) is 4.29. The first-order valence-corrected chi connectivity index (χ1v) is 8.78. The Kier molecular flexibility index (Phi) is 6.34. The number of carbonyl (C=O) groups excluding carboxylic acids is 1. The molecule has 0 radical (unpaired) electrons. The molecule has 0 unspecified atom stereocenters. The Hall–Kier alpha value is -2.61. The molecule has 0 saturated carbocycles. The maximum atomic E-state index is 13.6. The van der Waals surface area contributed by atoms with Crippen LogP contribution in [0.3, 0.4) is 0 Å². The fraction of sp³-hybridized carbons (Fsp3) is 0.200. The highest BCUT2D eigenvalue weighted by atomic mass is 79.9. The zero-order chi connectivity index (χ0) is 21.2. The van der Waals surface area contributed by atoms with Gasteiger partial charge in [0.1, 0.15) is 11.3 Å². The number of carboxylic acids is 1. The Morgan fingerprint density at radius 3 is 2.14 bits per heavy atom. The molecule has 0 saturated heterocycles. The predicted molar refractivity (Wildman–Crippen MR) is 102 cm³/mol. The second kappa shape index (κ2) is 8.18. The van der Waals surface area contributed by atoms with Gasteiger partial charge in [0.05, 0.1) is 12.7 Å². The minimum absolute atomic E-state index is 0.00258. The second-order valence-corrected chi connectivity index (χ2v) is 6.87.